The van der Waals surface area contributed by atoms with Crippen LogP contribution >= 0.6 is 0 Å². The summed E-state index contributed by atoms with van der Waals surface area (Å²) in [4.78, 5) is 11.7. The summed E-state index contributed by atoms with van der Waals surface area (Å²) in [6.45, 7) is -0.0998. The number of terminal acetylenes is 1. The van der Waals surface area contributed by atoms with E-state index in [1.54, 1.807) is 0 Å². The molecule has 0 saturated heterocycles. The largest absolute Gasteiger partial charge is 0.452 e. The zero-order valence-electron chi connectivity index (χ0n) is 12.0. The van der Waals surface area contributed by atoms with Gasteiger partial charge in [-0.3, -0.25) is 9.00 Å². The Morgan fingerprint density at radius 1 is 1.05 bits per heavy atom. The molecule has 1 atom stereocenters. The minimum atomic E-state index is -1.44. The van der Waals surface area contributed by atoms with Crippen LogP contribution in [0.15, 0.2) is 60.7 Å². The van der Waals surface area contributed by atoms with Crippen molar-refractivity contribution in [3.63, 3.8) is 0 Å². The summed E-state index contributed by atoms with van der Waals surface area (Å²) < 4.78 is 17.5. The van der Waals surface area contributed by atoms with Crippen LogP contribution in [0.4, 0.5) is 0 Å². The Morgan fingerprint density at radius 2 is 1.55 bits per heavy atom. The van der Waals surface area contributed by atoms with Gasteiger partial charge in [-0.05, 0) is 11.1 Å². The van der Waals surface area contributed by atoms with Crippen LogP contribution in [0, 0.1) is 12.3 Å². The average molecular weight is 312 g/mol. The third-order valence-corrected chi connectivity index (χ3v) is 4.63. The van der Waals surface area contributed by atoms with Gasteiger partial charge in [0.15, 0.2) is 6.61 Å². The molecule has 112 valence electrons. The molecule has 0 heterocycles. The second-order valence-corrected chi connectivity index (χ2v) is 6.11. The van der Waals surface area contributed by atoms with Gasteiger partial charge in [0, 0.05) is 10.8 Å². The van der Waals surface area contributed by atoms with Gasteiger partial charge in [-0.25, -0.2) is 0 Å². The number of hydrogen-bond donors (Lipinski definition) is 0. The predicted molar refractivity (Wildman–Crippen MR) is 87.5 cm³/mol. The number of rotatable bonds is 6. The molecule has 2 aromatic carbocycles. The summed E-state index contributed by atoms with van der Waals surface area (Å²) >= 11 is 0. The summed E-state index contributed by atoms with van der Waals surface area (Å²) in [5, 5.41) is -0.374. The first-order chi connectivity index (χ1) is 10.7. The first-order valence-corrected chi connectivity index (χ1v) is 8.16. The smallest absolute Gasteiger partial charge is 0.319 e. The van der Waals surface area contributed by atoms with Crippen molar-refractivity contribution >= 4 is 16.8 Å². The summed E-state index contributed by atoms with van der Waals surface area (Å²) in [6.07, 6.45) is 5.05. The summed E-state index contributed by atoms with van der Waals surface area (Å²) in [5.74, 6) is 1.49. The Hall–Kier alpha value is -2.38. The molecule has 2 rings (SSSR count). The van der Waals surface area contributed by atoms with Crippen molar-refractivity contribution in [1.82, 2.24) is 0 Å². The van der Waals surface area contributed by atoms with Gasteiger partial charge in [-0.15, -0.1) is 6.42 Å². The molecule has 0 radical (unpaired) electrons. The quantitative estimate of drug-likeness (QED) is 0.608. The van der Waals surface area contributed by atoms with Crippen molar-refractivity contribution in [2.75, 3.05) is 12.4 Å². The molecule has 0 aliphatic carbocycles. The van der Waals surface area contributed by atoms with E-state index in [0.29, 0.717) is 0 Å². The maximum atomic E-state index is 12.7. The van der Waals surface area contributed by atoms with Crippen molar-refractivity contribution in [2.24, 2.45) is 0 Å². The van der Waals surface area contributed by atoms with Gasteiger partial charge in [-0.1, -0.05) is 66.6 Å². The third kappa shape index (κ3) is 4.31. The topological polar surface area (TPSA) is 43.4 Å². The number of ether oxygens (including phenoxy) is 1. The van der Waals surface area contributed by atoms with E-state index in [1.165, 1.54) is 0 Å². The molecular weight excluding hydrogens is 296 g/mol. The number of hydrogen-bond acceptors (Lipinski definition) is 3. The monoisotopic (exact) mass is 312 g/mol. The molecule has 2 aromatic rings. The Morgan fingerprint density at radius 3 is 2.00 bits per heavy atom. The van der Waals surface area contributed by atoms with Gasteiger partial charge in [-0.2, -0.15) is 0 Å². The number of carbonyl (C=O) groups is 1. The highest BCUT2D eigenvalue weighted by Gasteiger charge is 2.23. The standard InChI is InChI=1S/C18H16O3S/c1-2-13-21-17(19)14-22(20)18(15-9-5-3-6-10-15)16-11-7-4-8-12-16/h1,3-12,18H,13-14H2. The van der Waals surface area contributed by atoms with Crippen molar-refractivity contribution in [3.05, 3.63) is 71.8 Å². The lowest BCUT2D eigenvalue weighted by Crippen LogP contribution is -2.19. The van der Waals surface area contributed by atoms with Crippen LogP contribution < -0.4 is 0 Å². The lowest BCUT2D eigenvalue weighted by Gasteiger charge is -2.17. The van der Waals surface area contributed by atoms with Crippen LogP contribution in [0.1, 0.15) is 16.4 Å². The van der Waals surface area contributed by atoms with E-state index in [1.807, 2.05) is 60.7 Å². The Bertz CT molecular complexity index is 635. The highest BCUT2D eigenvalue weighted by molar-refractivity contribution is 7.86. The minimum Gasteiger partial charge on any atom is -0.452 e. The molecular formula is C18H16O3S. The molecule has 3 nitrogen and oxygen atoms in total. The van der Waals surface area contributed by atoms with E-state index < -0.39 is 16.8 Å². The highest BCUT2D eigenvalue weighted by atomic mass is 32.2. The normalized spacial score (nSPS) is 11.6. The molecule has 4 heteroatoms. The van der Waals surface area contributed by atoms with Crippen LogP contribution in [0.25, 0.3) is 0 Å². The lowest BCUT2D eigenvalue weighted by atomic mass is 10.0. The fourth-order valence-electron chi connectivity index (χ4n) is 2.11. The molecule has 0 spiro atoms. The van der Waals surface area contributed by atoms with Crippen LogP contribution in [-0.2, 0) is 20.3 Å². The molecule has 0 aliphatic heterocycles. The van der Waals surface area contributed by atoms with E-state index in [0.717, 1.165) is 11.1 Å². The first-order valence-electron chi connectivity index (χ1n) is 6.78. The molecule has 0 aromatic heterocycles. The fourth-order valence-corrected chi connectivity index (χ4v) is 3.52. The maximum absolute atomic E-state index is 12.7. The molecule has 22 heavy (non-hydrogen) atoms. The van der Waals surface area contributed by atoms with Gasteiger partial charge in [0.25, 0.3) is 0 Å². The van der Waals surface area contributed by atoms with Crippen molar-refractivity contribution in [1.29, 1.82) is 0 Å². The summed E-state index contributed by atoms with van der Waals surface area (Å²) in [7, 11) is -1.44. The van der Waals surface area contributed by atoms with Crippen LogP contribution in [0.2, 0.25) is 0 Å². The van der Waals surface area contributed by atoms with E-state index in [9.17, 15) is 9.00 Å². The van der Waals surface area contributed by atoms with E-state index in [2.05, 4.69) is 5.92 Å². The average Bonchev–Trinajstić information content (AvgIpc) is 2.55. The van der Waals surface area contributed by atoms with Crippen molar-refractivity contribution in [3.8, 4) is 12.3 Å². The van der Waals surface area contributed by atoms with Crippen LogP contribution in [0.5, 0.6) is 0 Å². The molecule has 0 fully saturated rings. The molecule has 0 saturated carbocycles. The zero-order chi connectivity index (χ0) is 15.8. The first kappa shape index (κ1) is 16.0. The summed E-state index contributed by atoms with van der Waals surface area (Å²) in [6, 6.07) is 19.0. The third-order valence-electron chi connectivity index (χ3n) is 3.04. The Kier molecular flexibility index (Phi) is 5.93. The molecule has 0 bridgehead atoms. The van der Waals surface area contributed by atoms with E-state index in [4.69, 9.17) is 11.2 Å². The van der Waals surface area contributed by atoms with Gasteiger partial charge >= 0.3 is 5.97 Å². The predicted octanol–water partition coefficient (Wildman–Crippen LogP) is 2.70. The molecule has 0 aliphatic rings. The number of carbonyl (C=O) groups excluding carboxylic acids is 1. The van der Waals surface area contributed by atoms with Gasteiger partial charge in [0.05, 0.1) is 5.25 Å². The van der Waals surface area contributed by atoms with Gasteiger partial charge in [0.1, 0.15) is 5.75 Å². The van der Waals surface area contributed by atoms with Crippen LogP contribution in [0.3, 0.4) is 0 Å². The van der Waals surface area contributed by atoms with Gasteiger partial charge in [0.2, 0.25) is 0 Å². The van der Waals surface area contributed by atoms with Crippen molar-refractivity contribution < 1.29 is 13.7 Å². The number of benzene rings is 2. The molecule has 1 unspecified atom stereocenters. The second-order valence-electron chi connectivity index (χ2n) is 4.59. The highest BCUT2D eigenvalue weighted by Crippen LogP contribution is 2.28. The Balaban J connectivity index is 2.24. The SMILES string of the molecule is C#CCOC(=O)CS(=O)C(c1ccccc1)c1ccccc1. The lowest BCUT2D eigenvalue weighted by molar-refractivity contribution is -0.139. The molecule has 0 amide bonds. The van der Waals surface area contributed by atoms with E-state index >= 15 is 0 Å². The van der Waals surface area contributed by atoms with E-state index in [-0.39, 0.29) is 17.6 Å². The van der Waals surface area contributed by atoms with Crippen LogP contribution in [-0.4, -0.2) is 22.5 Å². The molecule has 0 N–H and O–H groups in total. The van der Waals surface area contributed by atoms with Gasteiger partial charge < -0.3 is 4.74 Å². The maximum Gasteiger partial charge on any atom is 0.319 e. The zero-order valence-corrected chi connectivity index (χ0v) is 12.8. The minimum absolute atomic E-state index is 0.0998. The Labute approximate surface area is 132 Å². The number of esters is 1. The second kappa shape index (κ2) is 8.16. The van der Waals surface area contributed by atoms with Crippen molar-refractivity contribution in [2.45, 2.75) is 5.25 Å². The fraction of sp³-hybridized carbons (Fsp3) is 0.167. The summed E-state index contributed by atoms with van der Waals surface area (Å²) in [5.41, 5.74) is 1.80.